The molecule has 240 valence electrons. The summed E-state index contributed by atoms with van der Waals surface area (Å²) in [4.78, 5) is 34.6. The van der Waals surface area contributed by atoms with Gasteiger partial charge in [0.25, 0.3) is 5.91 Å². The Kier molecular flexibility index (Phi) is 12.9. The zero-order valence-electron chi connectivity index (χ0n) is 26.6. The number of carbonyl (C=O) groups is 1. The lowest BCUT2D eigenvalue weighted by molar-refractivity contribution is -0.123. The monoisotopic (exact) mass is 627 g/mol. The molecule has 0 aliphatic heterocycles. The highest BCUT2D eigenvalue weighted by Gasteiger charge is 2.27. The van der Waals surface area contributed by atoms with E-state index in [9.17, 15) is 14.6 Å². The van der Waals surface area contributed by atoms with Gasteiger partial charge < -0.3 is 25.1 Å². The zero-order valence-corrected chi connectivity index (χ0v) is 27.4. The standard InChI is InChI=1S/C33H46ClN5O5/c1-22(38-41)32(3,4)36-17-14-24(15-18-37-33(5,6)23(2)39-42)13-16-35-31(40)21-43-28-10-7-25(8-11-28)30-20-26-19-27(34)9-12-29(26)44-30/h7-12,19-20,22-24,36-37H,13-18,21H2,1-6H3,(H,35,40). The van der Waals surface area contributed by atoms with Crippen molar-refractivity contribution in [2.75, 3.05) is 26.2 Å². The number of furan rings is 1. The first-order valence-electron chi connectivity index (χ1n) is 15.2. The molecule has 11 heteroatoms. The number of nitroso groups, excluding NO2 is 2. The van der Waals surface area contributed by atoms with Gasteiger partial charge in [-0.2, -0.15) is 9.81 Å². The molecular formula is C33H46ClN5O5. The van der Waals surface area contributed by atoms with Gasteiger partial charge in [-0.25, -0.2) is 0 Å². The molecule has 2 aromatic carbocycles. The van der Waals surface area contributed by atoms with E-state index in [4.69, 9.17) is 20.8 Å². The third kappa shape index (κ3) is 10.4. The summed E-state index contributed by atoms with van der Waals surface area (Å²) >= 11 is 6.08. The predicted molar refractivity (Wildman–Crippen MR) is 177 cm³/mol. The summed E-state index contributed by atoms with van der Waals surface area (Å²) in [5.41, 5.74) is 0.826. The van der Waals surface area contributed by atoms with Gasteiger partial charge >= 0.3 is 0 Å². The minimum atomic E-state index is -0.415. The molecule has 3 N–H and O–H groups in total. The van der Waals surface area contributed by atoms with Crippen LogP contribution in [0.2, 0.25) is 5.02 Å². The van der Waals surface area contributed by atoms with Crippen LogP contribution in [0.25, 0.3) is 22.3 Å². The van der Waals surface area contributed by atoms with Crippen LogP contribution in [0, 0.1) is 15.7 Å². The van der Waals surface area contributed by atoms with Gasteiger partial charge in [0.05, 0.1) is 0 Å². The van der Waals surface area contributed by atoms with Crippen LogP contribution in [0.15, 0.2) is 63.3 Å². The van der Waals surface area contributed by atoms with Crippen LogP contribution in [0.5, 0.6) is 5.75 Å². The normalized spacial score (nSPS) is 14.2. The number of rotatable bonds is 19. The van der Waals surface area contributed by atoms with Gasteiger partial charge in [0.15, 0.2) is 6.61 Å². The summed E-state index contributed by atoms with van der Waals surface area (Å²) in [6.45, 7) is 13.3. The first kappa shape index (κ1) is 35.1. The minimum absolute atomic E-state index is 0.0915. The van der Waals surface area contributed by atoms with Gasteiger partial charge in [-0.1, -0.05) is 22.0 Å². The number of halogens is 1. The van der Waals surface area contributed by atoms with E-state index in [-0.39, 0.29) is 24.6 Å². The Bertz CT molecular complexity index is 1340. The van der Waals surface area contributed by atoms with Crippen LogP contribution >= 0.6 is 11.6 Å². The molecule has 0 aliphatic carbocycles. The van der Waals surface area contributed by atoms with Crippen molar-refractivity contribution in [3.63, 3.8) is 0 Å². The second kappa shape index (κ2) is 16.1. The number of hydrogen-bond donors (Lipinski definition) is 3. The van der Waals surface area contributed by atoms with Crippen molar-refractivity contribution in [2.45, 2.75) is 84.0 Å². The predicted octanol–water partition coefficient (Wildman–Crippen LogP) is 7.08. The summed E-state index contributed by atoms with van der Waals surface area (Å²) in [7, 11) is 0. The Morgan fingerprint density at radius 3 is 2.00 bits per heavy atom. The molecule has 44 heavy (non-hydrogen) atoms. The lowest BCUT2D eigenvalue weighted by Gasteiger charge is -2.31. The quantitative estimate of drug-likeness (QED) is 0.121. The van der Waals surface area contributed by atoms with Crippen molar-refractivity contribution in [3.05, 3.63) is 63.4 Å². The maximum absolute atomic E-state index is 12.6. The van der Waals surface area contributed by atoms with E-state index in [2.05, 4.69) is 26.3 Å². The van der Waals surface area contributed by atoms with E-state index >= 15 is 0 Å². The van der Waals surface area contributed by atoms with Crippen molar-refractivity contribution < 1.29 is 13.9 Å². The summed E-state index contributed by atoms with van der Waals surface area (Å²) in [6, 6.07) is 14.1. The lowest BCUT2D eigenvalue weighted by Crippen LogP contribution is -2.48. The summed E-state index contributed by atoms with van der Waals surface area (Å²) in [5, 5.41) is 17.8. The largest absolute Gasteiger partial charge is 0.484 e. The molecule has 3 rings (SSSR count). The van der Waals surface area contributed by atoms with Crippen molar-refractivity contribution in [3.8, 4) is 17.1 Å². The van der Waals surface area contributed by atoms with Gasteiger partial charge in [-0.05, 0) is 128 Å². The Labute approximate surface area is 265 Å². The molecule has 0 bridgehead atoms. The van der Waals surface area contributed by atoms with Crippen molar-refractivity contribution >= 4 is 28.5 Å². The zero-order chi connectivity index (χ0) is 32.3. The van der Waals surface area contributed by atoms with Crippen LogP contribution in [0.4, 0.5) is 0 Å². The topological polar surface area (TPSA) is 134 Å². The second-order valence-corrected chi connectivity index (χ2v) is 13.0. The maximum atomic E-state index is 12.6. The number of hydrogen-bond acceptors (Lipinski definition) is 9. The molecule has 1 heterocycles. The number of amides is 1. The van der Waals surface area contributed by atoms with Crippen LogP contribution in [-0.2, 0) is 4.79 Å². The SMILES string of the molecule is CC(N=O)C(C)(C)NCCC(CCNC(=O)COc1ccc(-c2cc3cc(Cl)ccc3o2)cc1)CCNC(C)(C)C(C)N=O. The van der Waals surface area contributed by atoms with Crippen molar-refractivity contribution in [1.82, 2.24) is 16.0 Å². The minimum Gasteiger partial charge on any atom is -0.484 e. The highest BCUT2D eigenvalue weighted by molar-refractivity contribution is 6.31. The first-order chi connectivity index (χ1) is 20.8. The van der Waals surface area contributed by atoms with Crippen molar-refractivity contribution in [1.29, 1.82) is 0 Å². The number of benzene rings is 2. The van der Waals surface area contributed by atoms with E-state index in [0.717, 1.165) is 41.6 Å². The number of nitrogens with zero attached hydrogens (tertiary/aromatic N) is 2. The Morgan fingerprint density at radius 1 is 0.864 bits per heavy atom. The smallest absolute Gasteiger partial charge is 0.257 e. The van der Waals surface area contributed by atoms with E-state index in [1.165, 1.54) is 0 Å². The fourth-order valence-corrected chi connectivity index (χ4v) is 4.86. The van der Waals surface area contributed by atoms with Crippen LogP contribution in [0.1, 0.15) is 60.8 Å². The van der Waals surface area contributed by atoms with Crippen LogP contribution in [-0.4, -0.2) is 55.3 Å². The maximum Gasteiger partial charge on any atom is 0.257 e. The third-order valence-corrected chi connectivity index (χ3v) is 8.77. The molecule has 2 atom stereocenters. The third-order valence-electron chi connectivity index (χ3n) is 8.53. The molecule has 2 unspecified atom stereocenters. The molecule has 0 spiro atoms. The number of nitrogens with one attached hydrogen (secondary N) is 3. The average molecular weight is 628 g/mol. The fourth-order valence-electron chi connectivity index (χ4n) is 4.68. The second-order valence-electron chi connectivity index (χ2n) is 12.5. The molecule has 1 aromatic heterocycles. The highest BCUT2D eigenvalue weighted by atomic mass is 35.5. The molecular weight excluding hydrogens is 582 g/mol. The molecule has 0 saturated carbocycles. The van der Waals surface area contributed by atoms with Gasteiger partial charge in [-0.3, -0.25) is 4.79 Å². The molecule has 3 aromatic rings. The Hall–Kier alpha value is -3.34. The summed E-state index contributed by atoms with van der Waals surface area (Å²) in [6.07, 6.45) is 2.49. The van der Waals surface area contributed by atoms with E-state index < -0.39 is 11.1 Å². The lowest BCUT2D eigenvalue weighted by atomic mass is 9.92. The number of fused-ring (bicyclic) bond motifs is 1. The number of ether oxygens (including phenoxy) is 1. The number of carbonyl (C=O) groups excluding carboxylic acids is 1. The fraction of sp³-hybridized carbons (Fsp3) is 0.545. The van der Waals surface area contributed by atoms with E-state index in [1.54, 1.807) is 19.9 Å². The molecule has 10 nitrogen and oxygen atoms in total. The van der Waals surface area contributed by atoms with Gasteiger partial charge in [0.2, 0.25) is 0 Å². The molecule has 0 aliphatic rings. The molecule has 0 radical (unpaired) electrons. The Balaban J connectivity index is 1.47. The highest BCUT2D eigenvalue weighted by Crippen LogP contribution is 2.30. The first-order valence-corrected chi connectivity index (χ1v) is 15.6. The molecule has 0 fully saturated rings. The van der Waals surface area contributed by atoms with E-state index in [0.29, 0.717) is 36.3 Å². The van der Waals surface area contributed by atoms with Gasteiger partial charge in [-0.15, -0.1) is 0 Å². The summed E-state index contributed by atoms with van der Waals surface area (Å²) < 4.78 is 11.6. The van der Waals surface area contributed by atoms with E-state index in [1.807, 2.05) is 70.2 Å². The average Bonchev–Trinajstić information content (AvgIpc) is 3.42. The van der Waals surface area contributed by atoms with Gasteiger partial charge in [0, 0.05) is 33.6 Å². The van der Waals surface area contributed by atoms with Gasteiger partial charge in [0.1, 0.15) is 29.2 Å². The molecule has 0 saturated heterocycles. The molecule has 1 amide bonds. The van der Waals surface area contributed by atoms with Crippen LogP contribution in [0.3, 0.4) is 0 Å². The van der Waals surface area contributed by atoms with Crippen LogP contribution < -0.4 is 20.7 Å². The Morgan fingerprint density at radius 2 is 1.43 bits per heavy atom. The van der Waals surface area contributed by atoms with Crippen molar-refractivity contribution in [2.24, 2.45) is 16.3 Å². The summed E-state index contributed by atoms with van der Waals surface area (Å²) in [5.74, 6) is 1.41.